The van der Waals surface area contributed by atoms with Crippen molar-refractivity contribution in [2.24, 2.45) is 0 Å². The number of halogens is 1. The summed E-state index contributed by atoms with van der Waals surface area (Å²) in [4.78, 5) is 28.1. The molecule has 0 radical (unpaired) electrons. The highest BCUT2D eigenvalue weighted by atomic mass is 35.5. The van der Waals surface area contributed by atoms with E-state index in [-0.39, 0.29) is 11.6 Å². The van der Waals surface area contributed by atoms with Gasteiger partial charge in [0, 0.05) is 30.4 Å². The Hall–Kier alpha value is -3.98. The van der Waals surface area contributed by atoms with E-state index < -0.39 is 6.03 Å². The zero-order valence-electron chi connectivity index (χ0n) is 17.7. The van der Waals surface area contributed by atoms with E-state index in [1.807, 2.05) is 13.0 Å². The molecule has 0 unspecified atom stereocenters. The Kier molecular flexibility index (Phi) is 7.35. The number of hydrazine groups is 1. The molecule has 0 bridgehead atoms. The van der Waals surface area contributed by atoms with Crippen molar-refractivity contribution in [3.63, 3.8) is 0 Å². The molecule has 0 saturated carbocycles. The number of hydrogen-bond donors (Lipinski definition) is 4. The lowest BCUT2D eigenvalue weighted by Gasteiger charge is -2.15. The number of urea groups is 1. The highest BCUT2D eigenvalue weighted by molar-refractivity contribution is 6.31. The van der Waals surface area contributed by atoms with E-state index >= 15 is 0 Å². The fourth-order valence-corrected chi connectivity index (χ4v) is 2.89. The number of benzene rings is 2. The summed E-state index contributed by atoms with van der Waals surface area (Å²) in [5.74, 6) is 1.12. The van der Waals surface area contributed by atoms with Crippen molar-refractivity contribution >= 4 is 34.9 Å². The van der Waals surface area contributed by atoms with Gasteiger partial charge in [0.05, 0.1) is 18.5 Å². The first-order valence-electron chi connectivity index (χ1n) is 9.53. The summed E-state index contributed by atoms with van der Waals surface area (Å²) < 4.78 is 11.1. The highest BCUT2D eigenvalue weighted by Gasteiger charge is 2.10. The highest BCUT2D eigenvalue weighted by Crippen LogP contribution is 2.28. The summed E-state index contributed by atoms with van der Waals surface area (Å²) in [6.45, 7) is 1.88. The van der Waals surface area contributed by atoms with Crippen molar-refractivity contribution in [3.8, 4) is 17.2 Å². The summed E-state index contributed by atoms with van der Waals surface area (Å²) in [6, 6.07) is 12.9. The van der Waals surface area contributed by atoms with Gasteiger partial charge in [-0.2, -0.15) is 0 Å². The molecule has 4 N–H and O–H groups in total. The van der Waals surface area contributed by atoms with Gasteiger partial charge in [0.2, 0.25) is 0 Å². The van der Waals surface area contributed by atoms with Crippen LogP contribution in [0.3, 0.4) is 0 Å². The third-order valence-electron chi connectivity index (χ3n) is 4.36. The smallest absolute Gasteiger partial charge is 0.337 e. The van der Waals surface area contributed by atoms with Gasteiger partial charge in [0.25, 0.3) is 5.91 Å². The van der Waals surface area contributed by atoms with Crippen LogP contribution in [-0.2, 0) is 0 Å². The zero-order chi connectivity index (χ0) is 23.1. The number of carbonyl (C=O) groups excluding carboxylic acids is 2. The summed E-state index contributed by atoms with van der Waals surface area (Å²) in [6.07, 6.45) is 1.49. The van der Waals surface area contributed by atoms with E-state index in [1.165, 1.54) is 26.4 Å². The van der Waals surface area contributed by atoms with E-state index in [0.29, 0.717) is 33.6 Å². The summed E-state index contributed by atoms with van der Waals surface area (Å²) in [7, 11) is 3.03. The summed E-state index contributed by atoms with van der Waals surface area (Å²) >= 11 is 5.99. The van der Waals surface area contributed by atoms with Crippen molar-refractivity contribution in [3.05, 3.63) is 71.0 Å². The number of nitrogens with one attached hydrogen (secondary N) is 4. The van der Waals surface area contributed by atoms with Crippen LogP contribution in [0, 0.1) is 6.92 Å². The number of pyridine rings is 1. The van der Waals surface area contributed by atoms with E-state index in [0.717, 1.165) is 5.56 Å². The average Bonchev–Trinajstić information content (AvgIpc) is 2.79. The molecule has 1 heterocycles. The molecule has 166 valence electrons. The monoisotopic (exact) mass is 455 g/mol. The maximum atomic E-state index is 12.3. The van der Waals surface area contributed by atoms with Crippen LogP contribution in [0.15, 0.2) is 54.7 Å². The molecule has 9 nitrogen and oxygen atoms in total. The zero-order valence-corrected chi connectivity index (χ0v) is 18.4. The molecule has 10 heteroatoms. The van der Waals surface area contributed by atoms with Crippen LogP contribution < -0.4 is 31.0 Å². The predicted octanol–water partition coefficient (Wildman–Crippen LogP) is 4.35. The molecule has 3 rings (SSSR count). The number of rotatable bonds is 7. The quantitative estimate of drug-likeness (QED) is 0.394. The number of methoxy groups -OCH3 is 1. The molecule has 0 saturated heterocycles. The second kappa shape index (κ2) is 10.4. The van der Waals surface area contributed by atoms with Crippen LogP contribution in [0.4, 0.5) is 16.2 Å². The third kappa shape index (κ3) is 5.79. The molecule has 0 spiro atoms. The van der Waals surface area contributed by atoms with Gasteiger partial charge in [-0.05, 0) is 42.8 Å². The van der Waals surface area contributed by atoms with Crippen LogP contribution in [0.25, 0.3) is 0 Å². The number of aryl methyl sites for hydroxylation is 1. The second-order valence-electron chi connectivity index (χ2n) is 6.58. The fourth-order valence-electron chi connectivity index (χ4n) is 2.72. The Labute approximate surface area is 190 Å². The van der Waals surface area contributed by atoms with Gasteiger partial charge in [0.15, 0.2) is 0 Å². The van der Waals surface area contributed by atoms with Crippen molar-refractivity contribution < 1.29 is 19.1 Å². The van der Waals surface area contributed by atoms with Crippen molar-refractivity contribution in [2.75, 3.05) is 24.9 Å². The minimum absolute atomic E-state index is 0.241. The van der Waals surface area contributed by atoms with Gasteiger partial charge in [0.1, 0.15) is 22.9 Å². The number of anilines is 2. The van der Waals surface area contributed by atoms with Crippen LogP contribution in [0.1, 0.15) is 16.1 Å². The van der Waals surface area contributed by atoms with Gasteiger partial charge in [-0.3, -0.25) is 20.6 Å². The number of nitrogens with zero attached hydrogens (tertiary/aromatic N) is 1. The lowest BCUT2D eigenvalue weighted by atomic mass is 10.2. The normalized spacial score (nSPS) is 10.1. The van der Waals surface area contributed by atoms with Crippen LogP contribution in [0.2, 0.25) is 5.02 Å². The van der Waals surface area contributed by atoms with Gasteiger partial charge in [-0.25, -0.2) is 4.79 Å². The molecule has 32 heavy (non-hydrogen) atoms. The average molecular weight is 456 g/mol. The lowest BCUT2D eigenvalue weighted by Crippen LogP contribution is -2.33. The Morgan fingerprint density at radius 1 is 1.00 bits per heavy atom. The number of amides is 3. The summed E-state index contributed by atoms with van der Waals surface area (Å²) in [5, 5.41) is 5.65. The largest absolute Gasteiger partial charge is 0.495 e. The number of carbonyl (C=O) groups is 2. The van der Waals surface area contributed by atoms with E-state index in [2.05, 4.69) is 26.5 Å². The minimum Gasteiger partial charge on any atom is -0.495 e. The molecular formula is C22H22ClN5O4. The molecule has 0 aliphatic rings. The molecule has 0 aliphatic heterocycles. The first-order valence-corrected chi connectivity index (χ1v) is 9.90. The van der Waals surface area contributed by atoms with Gasteiger partial charge < -0.3 is 20.1 Å². The van der Waals surface area contributed by atoms with E-state index in [9.17, 15) is 9.59 Å². The SMILES string of the molecule is CNC(=O)c1cc(Oc2ccc(C)c(NNC(=O)Nc3cc(Cl)ccc3OC)c2)ccn1. The standard InChI is InChI=1S/C22H22ClN5O4/c1-13-4-6-15(32-16-8-9-25-19(12-16)21(29)24-2)11-17(13)27-28-22(30)26-18-10-14(23)5-7-20(18)31-3/h4-12,27H,1-3H3,(H,24,29)(H2,26,28,30). The maximum Gasteiger partial charge on any atom is 0.337 e. The van der Waals surface area contributed by atoms with E-state index in [1.54, 1.807) is 36.4 Å². The topological polar surface area (TPSA) is 114 Å². The Morgan fingerprint density at radius 2 is 1.78 bits per heavy atom. The van der Waals surface area contributed by atoms with Crippen LogP contribution in [-0.4, -0.2) is 31.1 Å². The predicted molar refractivity (Wildman–Crippen MR) is 123 cm³/mol. The van der Waals surface area contributed by atoms with Crippen molar-refractivity contribution in [2.45, 2.75) is 6.92 Å². The first-order chi connectivity index (χ1) is 15.4. The van der Waals surface area contributed by atoms with Crippen LogP contribution >= 0.6 is 11.6 Å². The number of aromatic nitrogens is 1. The number of ether oxygens (including phenoxy) is 2. The van der Waals surface area contributed by atoms with Crippen molar-refractivity contribution in [1.82, 2.24) is 15.7 Å². The molecule has 1 aromatic heterocycles. The Balaban J connectivity index is 1.67. The molecule has 3 aromatic rings. The molecule has 0 atom stereocenters. The summed E-state index contributed by atoms with van der Waals surface area (Å²) in [5.41, 5.74) is 7.59. The van der Waals surface area contributed by atoms with Gasteiger partial charge in [-0.1, -0.05) is 17.7 Å². The fraction of sp³-hybridized carbons (Fsp3) is 0.136. The van der Waals surface area contributed by atoms with Crippen molar-refractivity contribution in [1.29, 1.82) is 0 Å². The van der Waals surface area contributed by atoms with Gasteiger partial charge in [-0.15, -0.1) is 0 Å². The van der Waals surface area contributed by atoms with Crippen LogP contribution in [0.5, 0.6) is 17.2 Å². The Morgan fingerprint density at radius 3 is 2.53 bits per heavy atom. The second-order valence-corrected chi connectivity index (χ2v) is 7.02. The molecule has 0 aliphatic carbocycles. The maximum absolute atomic E-state index is 12.3. The van der Waals surface area contributed by atoms with Gasteiger partial charge >= 0.3 is 6.03 Å². The Bertz CT molecular complexity index is 1140. The molecule has 3 amide bonds. The molecule has 0 fully saturated rings. The lowest BCUT2D eigenvalue weighted by molar-refractivity contribution is 0.0958. The molecule has 2 aromatic carbocycles. The van der Waals surface area contributed by atoms with E-state index in [4.69, 9.17) is 21.1 Å². The minimum atomic E-state index is -0.513. The first kappa shape index (κ1) is 22.7. The third-order valence-corrected chi connectivity index (χ3v) is 4.59. The number of hydrogen-bond acceptors (Lipinski definition) is 6. The molecular weight excluding hydrogens is 434 g/mol.